The fraction of sp³-hybridized carbons (Fsp3) is 0.462. The van der Waals surface area contributed by atoms with E-state index in [4.69, 9.17) is 10.5 Å². The Morgan fingerprint density at radius 1 is 1.47 bits per heavy atom. The topological polar surface area (TPSA) is 64.4 Å². The molecule has 0 aliphatic rings. The molecule has 0 aliphatic heterocycles. The first-order valence-corrected chi connectivity index (χ1v) is 5.61. The maximum Gasteiger partial charge on any atom is 0.237 e. The van der Waals surface area contributed by atoms with Gasteiger partial charge in [0.2, 0.25) is 5.91 Å². The fourth-order valence-electron chi connectivity index (χ4n) is 1.90. The van der Waals surface area contributed by atoms with Crippen LogP contribution in [0.25, 0.3) is 0 Å². The van der Waals surface area contributed by atoms with E-state index in [0.29, 0.717) is 6.42 Å². The second-order valence-corrected chi connectivity index (χ2v) is 4.19. The van der Waals surface area contributed by atoms with Crippen LogP contribution in [0.2, 0.25) is 0 Å². The van der Waals surface area contributed by atoms with E-state index >= 15 is 0 Å². The summed E-state index contributed by atoms with van der Waals surface area (Å²) in [6.45, 7) is 4.01. The zero-order valence-electron chi connectivity index (χ0n) is 10.8. The van der Waals surface area contributed by atoms with Crippen molar-refractivity contribution in [3.8, 4) is 5.75 Å². The molecule has 0 fully saturated rings. The minimum absolute atomic E-state index is 0.160. The van der Waals surface area contributed by atoms with Crippen LogP contribution in [0, 0.1) is 13.8 Å². The Morgan fingerprint density at radius 2 is 2.12 bits per heavy atom. The summed E-state index contributed by atoms with van der Waals surface area (Å²) in [6.07, 6.45) is 0.481. The molecule has 4 heteroatoms. The summed E-state index contributed by atoms with van der Waals surface area (Å²) < 4.78 is 5.33. The average Bonchev–Trinajstić information content (AvgIpc) is 2.30. The van der Waals surface area contributed by atoms with Gasteiger partial charge in [0.25, 0.3) is 0 Å². The Hall–Kier alpha value is -1.55. The number of hydrogen-bond acceptors (Lipinski definition) is 3. The minimum Gasteiger partial charge on any atom is -0.496 e. The van der Waals surface area contributed by atoms with Crippen LogP contribution in [0.1, 0.15) is 16.7 Å². The van der Waals surface area contributed by atoms with Crippen LogP contribution < -0.4 is 15.8 Å². The van der Waals surface area contributed by atoms with Gasteiger partial charge in [-0.2, -0.15) is 0 Å². The number of rotatable bonds is 4. The number of carbonyl (C=O) groups is 1. The van der Waals surface area contributed by atoms with Crippen molar-refractivity contribution in [2.24, 2.45) is 5.73 Å². The molecule has 0 saturated heterocycles. The zero-order chi connectivity index (χ0) is 13.0. The van der Waals surface area contributed by atoms with E-state index in [0.717, 1.165) is 22.4 Å². The highest BCUT2D eigenvalue weighted by Gasteiger charge is 2.16. The molecule has 1 atom stereocenters. The van der Waals surface area contributed by atoms with Crippen LogP contribution in [-0.4, -0.2) is 26.1 Å². The Morgan fingerprint density at radius 3 is 2.65 bits per heavy atom. The van der Waals surface area contributed by atoms with Crippen molar-refractivity contribution >= 4 is 5.91 Å². The molecule has 0 radical (unpaired) electrons. The normalized spacial score (nSPS) is 12.1. The molecule has 1 rings (SSSR count). The van der Waals surface area contributed by atoms with Crippen molar-refractivity contribution in [3.63, 3.8) is 0 Å². The SMILES string of the molecule is CNC(=O)C(N)Cc1c(C)cc(C)cc1OC. The van der Waals surface area contributed by atoms with E-state index in [2.05, 4.69) is 11.4 Å². The Kier molecular flexibility index (Phi) is 4.52. The molecule has 0 bridgehead atoms. The lowest BCUT2D eigenvalue weighted by Crippen LogP contribution is -2.40. The minimum atomic E-state index is -0.546. The third-order valence-electron chi connectivity index (χ3n) is 2.80. The van der Waals surface area contributed by atoms with Gasteiger partial charge in [-0.1, -0.05) is 6.07 Å². The van der Waals surface area contributed by atoms with Crippen LogP contribution >= 0.6 is 0 Å². The lowest BCUT2D eigenvalue weighted by atomic mass is 9.98. The molecular weight excluding hydrogens is 216 g/mol. The maximum absolute atomic E-state index is 11.4. The quantitative estimate of drug-likeness (QED) is 0.817. The molecule has 0 saturated carbocycles. The van der Waals surface area contributed by atoms with Gasteiger partial charge in [-0.05, 0) is 36.6 Å². The molecule has 3 N–H and O–H groups in total. The largest absolute Gasteiger partial charge is 0.496 e. The summed E-state index contributed by atoms with van der Waals surface area (Å²) in [5.41, 5.74) is 9.05. The summed E-state index contributed by atoms with van der Waals surface area (Å²) in [5.74, 6) is 0.633. The number of aryl methyl sites for hydroxylation is 2. The summed E-state index contributed by atoms with van der Waals surface area (Å²) in [4.78, 5) is 11.4. The lowest BCUT2D eigenvalue weighted by molar-refractivity contribution is -0.121. The molecule has 1 unspecified atom stereocenters. The molecule has 1 amide bonds. The van der Waals surface area contributed by atoms with E-state index in [-0.39, 0.29) is 5.91 Å². The van der Waals surface area contributed by atoms with Crippen molar-refractivity contribution in [2.75, 3.05) is 14.2 Å². The summed E-state index contributed by atoms with van der Waals surface area (Å²) >= 11 is 0. The van der Waals surface area contributed by atoms with Crippen molar-refractivity contribution in [2.45, 2.75) is 26.3 Å². The third-order valence-corrected chi connectivity index (χ3v) is 2.80. The van der Waals surface area contributed by atoms with Crippen molar-refractivity contribution < 1.29 is 9.53 Å². The van der Waals surface area contributed by atoms with E-state index in [9.17, 15) is 4.79 Å². The van der Waals surface area contributed by atoms with Gasteiger partial charge < -0.3 is 15.8 Å². The predicted molar refractivity (Wildman–Crippen MR) is 68.2 cm³/mol. The Labute approximate surface area is 102 Å². The molecule has 0 aliphatic carbocycles. The van der Waals surface area contributed by atoms with E-state index in [1.165, 1.54) is 0 Å². The number of likely N-dealkylation sites (N-methyl/N-ethyl adjacent to an activating group) is 1. The van der Waals surface area contributed by atoms with Gasteiger partial charge in [0.05, 0.1) is 13.2 Å². The van der Waals surface area contributed by atoms with Gasteiger partial charge in [-0.15, -0.1) is 0 Å². The number of ether oxygens (including phenoxy) is 1. The van der Waals surface area contributed by atoms with Crippen molar-refractivity contribution in [3.05, 3.63) is 28.8 Å². The number of carbonyl (C=O) groups excluding carboxylic acids is 1. The molecule has 4 nitrogen and oxygen atoms in total. The molecule has 1 aromatic carbocycles. The van der Waals surface area contributed by atoms with Gasteiger partial charge in [0.15, 0.2) is 0 Å². The van der Waals surface area contributed by atoms with Gasteiger partial charge in [0, 0.05) is 13.5 Å². The Balaban J connectivity index is 3.01. The van der Waals surface area contributed by atoms with Gasteiger partial charge in [-0.25, -0.2) is 0 Å². The lowest BCUT2D eigenvalue weighted by Gasteiger charge is -2.16. The number of nitrogens with one attached hydrogen (secondary N) is 1. The van der Waals surface area contributed by atoms with Gasteiger partial charge in [-0.3, -0.25) is 4.79 Å². The van der Waals surface area contributed by atoms with Crippen LogP contribution in [-0.2, 0) is 11.2 Å². The highest BCUT2D eigenvalue weighted by molar-refractivity contribution is 5.81. The van der Waals surface area contributed by atoms with Gasteiger partial charge in [0.1, 0.15) is 5.75 Å². The Bertz CT molecular complexity index is 416. The molecule has 17 heavy (non-hydrogen) atoms. The number of hydrogen-bond donors (Lipinski definition) is 2. The zero-order valence-corrected chi connectivity index (χ0v) is 10.8. The molecule has 0 heterocycles. The maximum atomic E-state index is 11.4. The van der Waals surface area contributed by atoms with Crippen molar-refractivity contribution in [1.29, 1.82) is 0 Å². The molecule has 0 spiro atoms. The van der Waals surface area contributed by atoms with Crippen LogP contribution in [0.15, 0.2) is 12.1 Å². The molecule has 94 valence electrons. The first kappa shape index (κ1) is 13.5. The second-order valence-electron chi connectivity index (χ2n) is 4.19. The summed E-state index contributed by atoms with van der Waals surface area (Å²) in [6, 6.07) is 3.48. The summed E-state index contributed by atoms with van der Waals surface area (Å²) in [7, 11) is 3.21. The predicted octanol–water partition coefficient (Wildman–Crippen LogP) is 0.928. The molecular formula is C13H20N2O2. The van der Waals surface area contributed by atoms with Crippen molar-refractivity contribution in [1.82, 2.24) is 5.32 Å². The number of amides is 1. The van der Waals surface area contributed by atoms with E-state index < -0.39 is 6.04 Å². The average molecular weight is 236 g/mol. The molecule has 0 aromatic heterocycles. The van der Waals surface area contributed by atoms with Crippen LogP contribution in [0.4, 0.5) is 0 Å². The highest BCUT2D eigenvalue weighted by atomic mass is 16.5. The second kappa shape index (κ2) is 5.68. The first-order valence-electron chi connectivity index (χ1n) is 5.61. The fourth-order valence-corrected chi connectivity index (χ4v) is 1.90. The van der Waals surface area contributed by atoms with Gasteiger partial charge >= 0.3 is 0 Å². The number of benzene rings is 1. The van der Waals surface area contributed by atoms with Crippen LogP contribution in [0.3, 0.4) is 0 Å². The van der Waals surface area contributed by atoms with E-state index in [1.807, 2.05) is 19.9 Å². The third kappa shape index (κ3) is 3.20. The highest BCUT2D eigenvalue weighted by Crippen LogP contribution is 2.25. The number of nitrogens with two attached hydrogens (primary N) is 1. The smallest absolute Gasteiger partial charge is 0.237 e. The number of methoxy groups -OCH3 is 1. The summed E-state index contributed by atoms with van der Waals surface area (Å²) in [5, 5.41) is 2.55. The van der Waals surface area contributed by atoms with E-state index in [1.54, 1.807) is 14.2 Å². The molecule has 1 aromatic rings. The van der Waals surface area contributed by atoms with Crippen LogP contribution in [0.5, 0.6) is 5.75 Å². The standard InChI is InChI=1S/C13H20N2O2/c1-8-5-9(2)10(12(6-8)17-4)7-11(14)13(16)15-3/h5-6,11H,7,14H2,1-4H3,(H,15,16). The first-order chi connectivity index (χ1) is 7.99. The monoisotopic (exact) mass is 236 g/mol.